The summed E-state index contributed by atoms with van der Waals surface area (Å²) in [5.74, 6) is 0.0992. The number of carbonyl (C=O) groups is 1. The molecule has 0 aliphatic carbocycles. The van der Waals surface area contributed by atoms with Crippen molar-refractivity contribution in [1.82, 2.24) is 0 Å². The van der Waals surface area contributed by atoms with Crippen LogP contribution in [0.5, 0.6) is 0 Å². The van der Waals surface area contributed by atoms with Crippen molar-refractivity contribution in [3.63, 3.8) is 0 Å². The Morgan fingerprint density at radius 2 is 2.20 bits per heavy atom. The lowest BCUT2D eigenvalue weighted by Crippen LogP contribution is -2.55. The number of carbonyl (C=O) groups excluding carboxylic acids is 1. The predicted molar refractivity (Wildman–Crippen MR) is 78.6 cm³/mol. The van der Waals surface area contributed by atoms with Gasteiger partial charge in [0, 0.05) is 17.8 Å². The number of hydrogen-bond acceptors (Lipinski definition) is 3. The Kier molecular flexibility index (Phi) is 3.30. The Morgan fingerprint density at radius 1 is 1.45 bits per heavy atom. The summed E-state index contributed by atoms with van der Waals surface area (Å²) >= 11 is 0. The summed E-state index contributed by atoms with van der Waals surface area (Å²) in [5, 5.41) is 0. The van der Waals surface area contributed by atoms with Crippen molar-refractivity contribution >= 4 is 11.6 Å². The first kappa shape index (κ1) is 13.6. The molecule has 2 heterocycles. The van der Waals surface area contributed by atoms with Crippen LogP contribution < -0.4 is 10.6 Å². The normalized spacial score (nSPS) is 33.0. The molecule has 0 radical (unpaired) electrons. The van der Waals surface area contributed by atoms with Gasteiger partial charge in [-0.25, -0.2) is 0 Å². The third-order valence-corrected chi connectivity index (χ3v) is 4.75. The van der Waals surface area contributed by atoms with E-state index in [2.05, 4.69) is 13.0 Å². The zero-order valence-electron chi connectivity index (χ0n) is 12.1. The van der Waals surface area contributed by atoms with Gasteiger partial charge in [0.15, 0.2) is 0 Å². The van der Waals surface area contributed by atoms with Crippen molar-refractivity contribution in [3.05, 3.63) is 29.8 Å². The second-order valence-corrected chi connectivity index (χ2v) is 6.23. The second-order valence-electron chi connectivity index (χ2n) is 6.23. The van der Waals surface area contributed by atoms with Crippen LogP contribution in [-0.2, 0) is 16.0 Å². The molecule has 3 rings (SSSR count). The average molecular weight is 274 g/mol. The highest BCUT2D eigenvalue weighted by Crippen LogP contribution is 2.37. The molecule has 2 aliphatic rings. The summed E-state index contributed by atoms with van der Waals surface area (Å²) in [6.07, 6.45) is 2.02. The largest absolute Gasteiger partial charge is 0.379 e. The van der Waals surface area contributed by atoms with Crippen molar-refractivity contribution in [1.29, 1.82) is 0 Å². The number of anilines is 1. The van der Waals surface area contributed by atoms with Crippen molar-refractivity contribution < 1.29 is 9.53 Å². The molecule has 108 valence electrons. The highest BCUT2D eigenvalue weighted by atomic mass is 16.5. The molecule has 1 amide bonds. The van der Waals surface area contributed by atoms with Crippen molar-refractivity contribution in [3.8, 4) is 0 Å². The maximum absolute atomic E-state index is 13.1. The first-order chi connectivity index (χ1) is 9.54. The van der Waals surface area contributed by atoms with Gasteiger partial charge in [-0.2, -0.15) is 0 Å². The van der Waals surface area contributed by atoms with Gasteiger partial charge in [-0.1, -0.05) is 18.2 Å². The van der Waals surface area contributed by atoms with Crippen LogP contribution in [0.2, 0.25) is 0 Å². The monoisotopic (exact) mass is 274 g/mol. The first-order valence-corrected chi connectivity index (χ1v) is 7.29. The molecule has 2 aliphatic heterocycles. The van der Waals surface area contributed by atoms with Crippen LogP contribution in [0.1, 0.15) is 25.8 Å². The van der Waals surface area contributed by atoms with E-state index in [-0.39, 0.29) is 18.0 Å². The summed E-state index contributed by atoms with van der Waals surface area (Å²) in [6.45, 7) is 4.92. The molecule has 0 spiro atoms. The van der Waals surface area contributed by atoms with Gasteiger partial charge in [-0.15, -0.1) is 0 Å². The molecule has 3 unspecified atom stereocenters. The number of hydrogen-bond donors (Lipinski definition) is 1. The van der Waals surface area contributed by atoms with E-state index in [4.69, 9.17) is 10.5 Å². The van der Waals surface area contributed by atoms with E-state index < -0.39 is 5.41 Å². The average Bonchev–Trinajstić information content (AvgIpc) is 2.79. The minimum absolute atomic E-state index is 0.0992. The van der Waals surface area contributed by atoms with Crippen LogP contribution in [0.4, 0.5) is 5.69 Å². The smallest absolute Gasteiger partial charge is 0.237 e. The molecule has 2 N–H and O–H groups in total. The molecule has 20 heavy (non-hydrogen) atoms. The van der Waals surface area contributed by atoms with Crippen LogP contribution in [-0.4, -0.2) is 31.2 Å². The fourth-order valence-corrected chi connectivity index (χ4v) is 3.18. The first-order valence-electron chi connectivity index (χ1n) is 7.29. The Balaban J connectivity index is 1.99. The number of fused-ring (bicyclic) bond motifs is 1. The minimum Gasteiger partial charge on any atom is -0.379 e. The Labute approximate surface area is 119 Å². The fraction of sp³-hybridized carbons (Fsp3) is 0.562. The molecule has 3 atom stereocenters. The van der Waals surface area contributed by atoms with Gasteiger partial charge in [-0.05, 0) is 38.3 Å². The van der Waals surface area contributed by atoms with Crippen molar-refractivity contribution in [2.75, 3.05) is 18.1 Å². The Morgan fingerprint density at radius 3 is 2.90 bits per heavy atom. The molecule has 1 fully saturated rings. The van der Waals surface area contributed by atoms with E-state index in [1.54, 1.807) is 0 Å². The number of nitrogens with zero attached hydrogens (tertiary/aromatic N) is 1. The molecule has 4 heteroatoms. The summed E-state index contributed by atoms with van der Waals surface area (Å²) < 4.78 is 5.44. The van der Waals surface area contributed by atoms with Crippen LogP contribution in [0.3, 0.4) is 0 Å². The number of para-hydroxylation sites is 1. The maximum Gasteiger partial charge on any atom is 0.237 e. The molecule has 1 saturated heterocycles. The lowest BCUT2D eigenvalue weighted by molar-refractivity contribution is -0.128. The Bertz CT molecular complexity index is 531. The molecule has 4 nitrogen and oxygen atoms in total. The summed E-state index contributed by atoms with van der Waals surface area (Å²) in [7, 11) is 0. The fourth-order valence-electron chi connectivity index (χ4n) is 3.18. The summed E-state index contributed by atoms with van der Waals surface area (Å²) in [6, 6.07) is 8.15. The highest BCUT2D eigenvalue weighted by Gasteiger charge is 2.48. The number of aryl methyl sites for hydroxylation is 1. The summed E-state index contributed by atoms with van der Waals surface area (Å²) in [5.41, 5.74) is 7.79. The van der Waals surface area contributed by atoms with E-state index >= 15 is 0 Å². The number of benzene rings is 1. The number of rotatable bonds is 1. The van der Waals surface area contributed by atoms with E-state index in [9.17, 15) is 4.79 Å². The van der Waals surface area contributed by atoms with Gasteiger partial charge in [0.05, 0.1) is 18.6 Å². The lowest BCUT2D eigenvalue weighted by atomic mass is 9.82. The number of amides is 1. The SMILES string of the molecule is CC1CCc2ccccc2N1C(=O)C1(C)COCC1N. The molecule has 1 aromatic carbocycles. The van der Waals surface area contributed by atoms with Crippen LogP contribution >= 0.6 is 0 Å². The number of nitrogens with two attached hydrogens (primary N) is 1. The van der Waals surface area contributed by atoms with E-state index in [1.807, 2.05) is 30.0 Å². The molecule has 0 bridgehead atoms. The van der Waals surface area contributed by atoms with E-state index in [0.717, 1.165) is 18.5 Å². The zero-order chi connectivity index (χ0) is 14.3. The van der Waals surface area contributed by atoms with Crippen LogP contribution in [0, 0.1) is 5.41 Å². The quantitative estimate of drug-likeness (QED) is 0.848. The maximum atomic E-state index is 13.1. The standard InChI is InChI=1S/C16H22N2O2/c1-11-7-8-12-5-3-4-6-13(12)18(11)15(19)16(2)10-20-9-14(16)17/h3-6,11,14H,7-10,17H2,1-2H3. The highest BCUT2D eigenvalue weighted by molar-refractivity contribution is 5.99. The van der Waals surface area contributed by atoms with Crippen molar-refractivity contribution in [2.24, 2.45) is 11.1 Å². The van der Waals surface area contributed by atoms with Gasteiger partial charge in [0.2, 0.25) is 5.91 Å². The predicted octanol–water partition coefficient (Wildman–Crippen LogP) is 1.72. The third kappa shape index (κ3) is 1.95. The van der Waals surface area contributed by atoms with Gasteiger partial charge < -0.3 is 15.4 Å². The van der Waals surface area contributed by atoms with Gasteiger partial charge in [0.25, 0.3) is 0 Å². The molecule has 0 aromatic heterocycles. The molecular formula is C16H22N2O2. The van der Waals surface area contributed by atoms with Crippen LogP contribution in [0.25, 0.3) is 0 Å². The van der Waals surface area contributed by atoms with Crippen molar-refractivity contribution in [2.45, 2.75) is 38.8 Å². The van der Waals surface area contributed by atoms with Gasteiger partial charge >= 0.3 is 0 Å². The zero-order valence-corrected chi connectivity index (χ0v) is 12.1. The topological polar surface area (TPSA) is 55.6 Å². The van der Waals surface area contributed by atoms with E-state index in [1.165, 1.54) is 5.56 Å². The second kappa shape index (κ2) is 4.86. The minimum atomic E-state index is -0.612. The van der Waals surface area contributed by atoms with E-state index in [0.29, 0.717) is 13.2 Å². The third-order valence-electron chi connectivity index (χ3n) is 4.75. The lowest BCUT2D eigenvalue weighted by Gasteiger charge is -2.40. The van der Waals surface area contributed by atoms with Gasteiger partial charge in [-0.3, -0.25) is 4.79 Å². The molecular weight excluding hydrogens is 252 g/mol. The summed E-state index contributed by atoms with van der Waals surface area (Å²) in [4.78, 5) is 15.0. The molecule has 1 aromatic rings. The molecule has 0 saturated carbocycles. The Hall–Kier alpha value is -1.39. The van der Waals surface area contributed by atoms with Gasteiger partial charge in [0.1, 0.15) is 0 Å². The number of ether oxygens (including phenoxy) is 1. The van der Waals surface area contributed by atoms with Crippen LogP contribution in [0.15, 0.2) is 24.3 Å².